The first-order valence-electron chi connectivity index (χ1n) is 4.60. The summed E-state index contributed by atoms with van der Waals surface area (Å²) in [6, 6.07) is 5.04. The van der Waals surface area contributed by atoms with Gasteiger partial charge in [-0.25, -0.2) is 10.0 Å². The summed E-state index contributed by atoms with van der Waals surface area (Å²) in [5, 5.41) is 8.57. The predicted molar refractivity (Wildman–Crippen MR) is 56.8 cm³/mol. The summed E-state index contributed by atoms with van der Waals surface area (Å²) < 4.78 is 4.66. The molecule has 17 heavy (non-hydrogen) atoms. The van der Waals surface area contributed by atoms with Gasteiger partial charge < -0.3 is 4.74 Å². The number of hydrogen-bond acceptors (Lipinski definition) is 4. The van der Waals surface area contributed by atoms with Crippen LogP contribution in [0.15, 0.2) is 36.6 Å². The van der Waals surface area contributed by atoms with Crippen LogP contribution < -0.4 is 0 Å². The highest BCUT2D eigenvalue weighted by molar-refractivity contribution is 5.97. The standard InChI is InChI=1S/C11H10NO5/c1-7(13)8(2)17-11(14)9-3-5-10(6-4-9)12(15)16/h3-6H,2H2,1H3,(H,15,16)/q+1. The Bertz CT molecular complexity index is 489. The maximum Gasteiger partial charge on any atom is 0.343 e. The van der Waals surface area contributed by atoms with Gasteiger partial charge >= 0.3 is 11.7 Å². The van der Waals surface area contributed by atoms with Crippen LogP contribution in [0, 0.1) is 4.91 Å². The Labute approximate surface area is 96.7 Å². The first kappa shape index (κ1) is 12.6. The van der Waals surface area contributed by atoms with Crippen molar-refractivity contribution >= 4 is 17.4 Å². The smallest absolute Gasteiger partial charge is 0.343 e. The topological polar surface area (TPSA) is 83.7 Å². The maximum atomic E-state index is 11.5. The van der Waals surface area contributed by atoms with Gasteiger partial charge in [-0.1, -0.05) is 6.58 Å². The summed E-state index contributed by atoms with van der Waals surface area (Å²) in [4.78, 5) is 32.4. The van der Waals surface area contributed by atoms with Crippen molar-refractivity contribution in [2.45, 2.75) is 6.92 Å². The molecule has 88 valence electrons. The average Bonchev–Trinajstić information content (AvgIpc) is 2.28. The van der Waals surface area contributed by atoms with Gasteiger partial charge in [0.15, 0.2) is 11.5 Å². The third kappa shape index (κ3) is 3.23. The Morgan fingerprint density at radius 3 is 2.24 bits per heavy atom. The third-order valence-corrected chi connectivity index (χ3v) is 1.93. The minimum atomic E-state index is -0.757. The van der Waals surface area contributed by atoms with Gasteiger partial charge in [-0.05, 0) is 12.1 Å². The zero-order chi connectivity index (χ0) is 13.0. The SMILES string of the molecule is C=C(OC(=O)c1ccc([N+](=O)O)cc1)C(C)=O. The van der Waals surface area contributed by atoms with E-state index in [0.717, 1.165) is 0 Å². The molecular formula is C11H10NO5+. The van der Waals surface area contributed by atoms with Gasteiger partial charge in [-0.15, -0.1) is 0 Å². The number of nitrogens with zero attached hydrogens (tertiary/aromatic N) is 1. The van der Waals surface area contributed by atoms with E-state index in [0.29, 0.717) is 0 Å². The Morgan fingerprint density at radius 1 is 1.29 bits per heavy atom. The molecule has 0 aliphatic rings. The lowest BCUT2D eigenvalue weighted by Crippen LogP contribution is -2.08. The maximum absolute atomic E-state index is 11.5. The first-order chi connectivity index (χ1) is 7.91. The number of carbonyl (C=O) groups excluding carboxylic acids is 2. The summed E-state index contributed by atoms with van der Waals surface area (Å²) in [7, 11) is 0. The highest BCUT2D eigenvalue weighted by Gasteiger charge is 2.15. The van der Waals surface area contributed by atoms with Gasteiger partial charge in [-0.2, -0.15) is 0 Å². The molecule has 6 nitrogen and oxygen atoms in total. The average molecular weight is 236 g/mol. The number of ether oxygens (including phenoxy) is 1. The summed E-state index contributed by atoms with van der Waals surface area (Å²) in [5.41, 5.74) is 0.116. The van der Waals surface area contributed by atoms with Crippen LogP contribution in [0.1, 0.15) is 17.3 Å². The Morgan fingerprint density at radius 2 is 1.82 bits per heavy atom. The molecule has 0 aliphatic carbocycles. The summed E-state index contributed by atoms with van der Waals surface area (Å²) in [6.45, 7) is 4.50. The van der Waals surface area contributed by atoms with Crippen LogP contribution in [0.25, 0.3) is 0 Å². The molecule has 0 aromatic heterocycles. The highest BCUT2D eigenvalue weighted by atomic mass is 16.6. The van der Waals surface area contributed by atoms with Gasteiger partial charge in [0.05, 0.1) is 10.5 Å². The van der Waals surface area contributed by atoms with Crippen molar-refractivity contribution in [2.24, 2.45) is 0 Å². The molecule has 0 radical (unpaired) electrons. The number of allylic oxidation sites excluding steroid dienone is 1. The molecule has 0 heterocycles. The van der Waals surface area contributed by atoms with Crippen LogP contribution in [-0.2, 0) is 9.53 Å². The molecule has 6 heteroatoms. The fraction of sp³-hybridized carbons (Fsp3) is 0.0909. The number of Topliss-reactive ketones (excluding diaryl/α,β-unsaturated/α-hetero) is 1. The molecule has 0 amide bonds. The summed E-state index contributed by atoms with van der Waals surface area (Å²) in [5.74, 6) is -1.46. The van der Waals surface area contributed by atoms with Crippen molar-refractivity contribution in [2.75, 3.05) is 0 Å². The van der Waals surface area contributed by atoms with Gasteiger partial charge in [-0.3, -0.25) is 4.79 Å². The van der Waals surface area contributed by atoms with E-state index < -0.39 is 11.8 Å². The minimum absolute atomic E-state index is 0.0213. The molecule has 1 N–H and O–H groups in total. The van der Waals surface area contributed by atoms with Crippen LogP contribution in [-0.4, -0.2) is 21.9 Å². The fourth-order valence-electron chi connectivity index (χ4n) is 0.968. The van der Waals surface area contributed by atoms with Crippen LogP contribution in [0.5, 0.6) is 0 Å². The second kappa shape index (κ2) is 5.02. The lowest BCUT2D eigenvalue weighted by molar-refractivity contribution is -0.729. The third-order valence-electron chi connectivity index (χ3n) is 1.93. The Balaban J connectivity index is 2.80. The second-order valence-electron chi connectivity index (χ2n) is 3.19. The van der Waals surface area contributed by atoms with Crippen molar-refractivity contribution in [1.82, 2.24) is 0 Å². The monoisotopic (exact) mass is 236 g/mol. The Kier molecular flexibility index (Phi) is 3.71. The molecule has 0 bridgehead atoms. The van der Waals surface area contributed by atoms with Gasteiger partial charge in [0.2, 0.25) is 0 Å². The zero-order valence-corrected chi connectivity index (χ0v) is 9.04. The number of carbonyl (C=O) groups is 2. The van der Waals surface area contributed by atoms with Gasteiger partial charge in [0.1, 0.15) is 0 Å². The second-order valence-corrected chi connectivity index (χ2v) is 3.19. The largest absolute Gasteiger partial charge is 0.420 e. The van der Waals surface area contributed by atoms with Crippen LogP contribution in [0.2, 0.25) is 0 Å². The van der Waals surface area contributed by atoms with Crippen molar-refractivity contribution in [1.29, 1.82) is 0 Å². The van der Waals surface area contributed by atoms with Gasteiger partial charge in [0.25, 0.3) is 4.92 Å². The molecule has 0 saturated carbocycles. The molecule has 0 aliphatic heterocycles. The lowest BCUT2D eigenvalue weighted by atomic mass is 10.2. The summed E-state index contributed by atoms with van der Waals surface area (Å²) in [6.07, 6.45) is 0. The van der Waals surface area contributed by atoms with E-state index in [1.807, 2.05) is 0 Å². The lowest BCUT2D eigenvalue weighted by Gasteiger charge is -2.03. The van der Waals surface area contributed by atoms with Crippen molar-refractivity contribution < 1.29 is 24.5 Å². The van der Waals surface area contributed by atoms with Crippen molar-refractivity contribution in [3.05, 3.63) is 47.1 Å². The normalized spacial score (nSPS) is 9.47. The number of ketones is 1. The van der Waals surface area contributed by atoms with E-state index in [1.54, 1.807) is 0 Å². The van der Waals surface area contributed by atoms with Crippen molar-refractivity contribution in [3.63, 3.8) is 0 Å². The molecule has 1 aromatic rings. The van der Waals surface area contributed by atoms with E-state index >= 15 is 0 Å². The van der Waals surface area contributed by atoms with E-state index in [9.17, 15) is 14.5 Å². The molecule has 0 spiro atoms. The van der Waals surface area contributed by atoms with E-state index in [4.69, 9.17) is 5.21 Å². The van der Waals surface area contributed by atoms with E-state index in [2.05, 4.69) is 11.3 Å². The molecule has 1 rings (SSSR count). The first-order valence-corrected chi connectivity index (χ1v) is 4.60. The minimum Gasteiger partial charge on any atom is -0.420 e. The van der Waals surface area contributed by atoms with Crippen LogP contribution >= 0.6 is 0 Å². The highest BCUT2D eigenvalue weighted by Crippen LogP contribution is 2.13. The number of benzene rings is 1. The fourth-order valence-corrected chi connectivity index (χ4v) is 0.968. The van der Waals surface area contributed by atoms with Crippen molar-refractivity contribution in [3.8, 4) is 0 Å². The van der Waals surface area contributed by atoms with Crippen LogP contribution in [0.3, 0.4) is 0 Å². The van der Waals surface area contributed by atoms with Crippen LogP contribution in [0.4, 0.5) is 5.69 Å². The van der Waals surface area contributed by atoms with Gasteiger partial charge in [0, 0.05) is 19.1 Å². The molecule has 0 saturated heterocycles. The van der Waals surface area contributed by atoms with E-state index in [1.165, 1.54) is 31.2 Å². The predicted octanol–water partition coefficient (Wildman–Crippen LogP) is 1.75. The van der Waals surface area contributed by atoms with E-state index in [-0.39, 0.29) is 21.9 Å². The molecular weight excluding hydrogens is 226 g/mol. The molecule has 1 aromatic carbocycles. The zero-order valence-electron chi connectivity index (χ0n) is 9.04. The number of rotatable bonds is 4. The number of hydrogen-bond donors (Lipinski definition) is 1. The number of esters is 1. The molecule has 0 atom stereocenters. The summed E-state index contributed by atoms with van der Waals surface area (Å²) >= 11 is 0. The quantitative estimate of drug-likeness (QED) is 0.372. The Hall–Kier alpha value is -2.50. The molecule has 0 unspecified atom stereocenters. The molecule has 0 fully saturated rings.